The molecule has 0 radical (unpaired) electrons. The van der Waals surface area contributed by atoms with E-state index in [1.807, 2.05) is 0 Å². The summed E-state index contributed by atoms with van der Waals surface area (Å²) >= 11 is 0. The number of hydrogen-bond acceptors (Lipinski definition) is 9. The fraction of sp³-hybridized carbons (Fsp3) is 0.889. The van der Waals surface area contributed by atoms with Crippen molar-refractivity contribution in [2.24, 2.45) is 11.5 Å². The molecule has 10 N–H and O–H groups in total. The Bertz CT molecular complexity index is 351. The van der Waals surface area contributed by atoms with Crippen molar-refractivity contribution in [3.8, 4) is 0 Å². The van der Waals surface area contributed by atoms with Gasteiger partial charge < -0.3 is 46.8 Å². The van der Waals surface area contributed by atoms with Gasteiger partial charge in [0.05, 0.1) is 12.7 Å². The fourth-order valence-electron chi connectivity index (χ4n) is 1.80. The van der Waals surface area contributed by atoms with Gasteiger partial charge in [-0.3, -0.25) is 0 Å². The molecule has 0 aromatic heterocycles. The molecule has 1 aliphatic heterocycles. The van der Waals surface area contributed by atoms with Gasteiger partial charge in [0.1, 0.15) is 24.0 Å². The number of carbonyl (C=O) groups is 1. The molecule has 0 bridgehead atoms. The van der Waals surface area contributed by atoms with E-state index in [4.69, 9.17) is 26.4 Å². The van der Waals surface area contributed by atoms with Crippen molar-refractivity contribution in [2.45, 2.75) is 42.3 Å². The number of carboxylic acid groups (broad SMARTS) is 1. The smallest absolute Gasteiger partial charge is 0.364 e. The summed E-state index contributed by atoms with van der Waals surface area (Å²) in [7, 11) is 0. The Morgan fingerprint density at radius 3 is 2.37 bits per heavy atom. The van der Waals surface area contributed by atoms with E-state index in [2.05, 4.69) is 0 Å². The Morgan fingerprint density at radius 1 is 1.42 bits per heavy atom. The van der Waals surface area contributed by atoms with Gasteiger partial charge >= 0.3 is 5.97 Å². The first-order valence-electron chi connectivity index (χ1n) is 5.42. The number of ether oxygens (including phenoxy) is 1. The lowest BCUT2D eigenvalue weighted by Gasteiger charge is -2.48. The van der Waals surface area contributed by atoms with E-state index in [9.17, 15) is 25.2 Å². The van der Waals surface area contributed by atoms with Crippen LogP contribution in [-0.4, -0.2) is 79.1 Å². The summed E-state index contributed by atoms with van der Waals surface area (Å²) < 4.78 is 4.73. The Kier molecular flexibility index (Phi) is 4.49. The van der Waals surface area contributed by atoms with E-state index < -0.39 is 54.9 Å². The van der Waals surface area contributed by atoms with Crippen molar-refractivity contribution in [1.29, 1.82) is 0 Å². The summed E-state index contributed by atoms with van der Waals surface area (Å²) in [6, 6.07) is 0. The third kappa shape index (κ3) is 2.85. The van der Waals surface area contributed by atoms with Crippen molar-refractivity contribution in [1.82, 2.24) is 0 Å². The Labute approximate surface area is 107 Å². The fourth-order valence-corrected chi connectivity index (χ4v) is 1.80. The number of hydrogen-bond donors (Lipinski definition) is 8. The lowest BCUT2D eigenvalue weighted by molar-refractivity contribution is -0.307. The Hall–Kier alpha value is -0.850. The highest BCUT2D eigenvalue weighted by Gasteiger charge is 2.58. The van der Waals surface area contributed by atoms with Crippen LogP contribution >= 0.6 is 0 Å². The quantitative estimate of drug-likeness (QED) is 0.231. The Morgan fingerprint density at radius 2 is 1.95 bits per heavy atom. The van der Waals surface area contributed by atoms with Gasteiger partial charge in [0.2, 0.25) is 0 Å². The molecule has 1 rings (SSSR count). The third-order valence-corrected chi connectivity index (χ3v) is 3.09. The molecule has 19 heavy (non-hydrogen) atoms. The number of rotatable bonds is 4. The van der Waals surface area contributed by atoms with Crippen molar-refractivity contribution >= 4 is 5.97 Å². The SMILES string of the molecule is NC1(N)[C@@H](O)CC(O)(C(=O)O)O[C@H]1[C@H](O)[C@H](O)CO. The zero-order valence-electron chi connectivity index (χ0n) is 9.88. The molecule has 1 aliphatic rings. The molecule has 0 aromatic rings. The summed E-state index contributed by atoms with van der Waals surface area (Å²) in [4.78, 5) is 10.9. The average Bonchev–Trinajstić information content (AvgIpc) is 2.32. The van der Waals surface area contributed by atoms with E-state index in [1.165, 1.54) is 0 Å². The molecular formula is C9H18N2O8. The van der Waals surface area contributed by atoms with E-state index >= 15 is 0 Å². The molecule has 0 spiro atoms. The zero-order valence-corrected chi connectivity index (χ0v) is 9.88. The first kappa shape index (κ1) is 16.2. The molecule has 0 aromatic carbocycles. The number of aliphatic hydroxyl groups excluding tert-OH is 4. The second-order valence-electron chi connectivity index (χ2n) is 4.59. The first-order valence-corrected chi connectivity index (χ1v) is 5.42. The first-order chi connectivity index (χ1) is 8.56. The molecule has 112 valence electrons. The predicted octanol–water partition coefficient (Wildman–Crippen LogP) is -4.76. The minimum atomic E-state index is -2.80. The second kappa shape index (κ2) is 5.26. The van der Waals surface area contributed by atoms with Crippen LogP contribution in [0.15, 0.2) is 0 Å². The van der Waals surface area contributed by atoms with E-state index in [0.717, 1.165) is 0 Å². The standard InChI is InChI=1S/C9H18N2O8/c10-9(11)4(14)1-8(18,7(16)17)19-6(9)5(15)3(13)2-12/h3-6,12-15,18H,1-2,10-11H2,(H,16,17)/t3-,4+,5-,6+,8?/m1/s1. The molecule has 10 heteroatoms. The van der Waals surface area contributed by atoms with Gasteiger partial charge in [-0.1, -0.05) is 0 Å². The van der Waals surface area contributed by atoms with Crippen LogP contribution in [0, 0.1) is 0 Å². The number of carboxylic acids is 1. The molecule has 10 nitrogen and oxygen atoms in total. The van der Waals surface area contributed by atoms with Crippen LogP contribution in [0.4, 0.5) is 0 Å². The van der Waals surface area contributed by atoms with Crippen LogP contribution in [-0.2, 0) is 9.53 Å². The summed E-state index contributed by atoms with van der Waals surface area (Å²) in [5.74, 6) is -4.61. The topological polar surface area (TPSA) is 200 Å². The van der Waals surface area contributed by atoms with Crippen LogP contribution in [0.25, 0.3) is 0 Å². The van der Waals surface area contributed by atoms with Gasteiger partial charge in [-0.05, 0) is 0 Å². The van der Waals surface area contributed by atoms with Crippen molar-refractivity contribution in [3.05, 3.63) is 0 Å². The molecule has 1 unspecified atom stereocenters. The monoisotopic (exact) mass is 282 g/mol. The highest BCUT2D eigenvalue weighted by Crippen LogP contribution is 2.32. The van der Waals surface area contributed by atoms with Crippen molar-refractivity contribution < 1.29 is 40.2 Å². The highest BCUT2D eigenvalue weighted by atomic mass is 16.7. The highest BCUT2D eigenvalue weighted by molar-refractivity contribution is 5.75. The normalized spacial score (nSPS) is 37.6. The van der Waals surface area contributed by atoms with Crippen LogP contribution < -0.4 is 11.5 Å². The summed E-state index contributed by atoms with van der Waals surface area (Å²) in [5.41, 5.74) is 8.94. The predicted molar refractivity (Wildman–Crippen MR) is 58.3 cm³/mol. The number of nitrogens with two attached hydrogens (primary N) is 2. The van der Waals surface area contributed by atoms with E-state index in [-0.39, 0.29) is 0 Å². The molecule has 0 aliphatic carbocycles. The summed E-state index contributed by atoms with van der Waals surface area (Å²) in [6.07, 6.45) is -7.97. The minimum absolute atomic E-state index is 0.812. The minimum Gasteiger partial charge on any atom is -0.477 e. The lowest BCUT2D eigenvalue weighted by atomic mass is 9.84. The van der Waals surface area contributed by atoms with Crippen LogP contribution in [0.5, 0.6) is 0 Å². The summed E-state index contributed by atoms with van der Waals surface area (Å²) in [6.45, 7) is -0.876. The maximum absolute atomic E-state index is 10.9. The lowest BCUT2D eigenvalue weighted by Crippen LogP contribution is -2.77. The van der Waals surface area contributed by atoms with E-state index in [0.29, 0.717) is 0 Å². The molecule has 1 fully saturated rings. The average molecular weight is 282 g/mol. The van der Waals surface area contributed by atoms with Crippen molar-refractivity contribution in [3.63, 3.8) is 0 Å². The van der Waals surface area contributed by atoms with Crippen LogP contribution in [0.2, 0.25) is 0 Å². The molecule has 0 saturated carbocycles. The third-order valence-electron chi connectivity index (χ3n) is 3.09. The van der Waals surface area contributed by atoms with Gasteiger partial charge in [0, 0.05) is 6.42 Å². The second-order valence-corrected chi connectivity index (χ2v) is 4.59. The molecule has 5 atom stereocenters. The molecule has 1 saturated heterocycles. The Balaban J connectivity index is 3.07. The van der Waals surface area contributed by atoms with E-state index in [1.54, 1.807) is 0 Å². The molecular weight excluding hydrogens is 264 g/mol. The molecule has 1 heterocycles. The van der Waals surface area contributed by atoms with Gasteiger partial charge in [-0.15, -0.1) is 0 Å². The van der Waals surface area contributed by atoms with Gasteiger partial charge in [0.25, 0.3) is 5.79 Å². The summed E-state index contributed by atoms with van der Waals surface area (Å²) in [5, 5.41) is 55.9. The van der Waals surface area contributed by atoms with Crippen LogP contribution in [0.1, 0.15) is 6.42 Å². The maximum Gasteiger partial charge on any atom is 0.364 e. The largest absolute Gasteiger partial charge is 0.477 e. The van der Waals surface area contributed by atoms with Gasteiger partial charge in [-0.25, -0.2) is 4.79 Å². The van der Waals surface area contributed by atoms with Gasteiger partial charge in [0.15, 0.2) is 0 Å². The number of aliphatic hydroxyl groups is 5. The number of aliphatic carboxylic acids is 1. The van der Waals surface area contributed by atoms with Gasteiger partial charge in [-0.2, -0.15) is 0 Å². The van der Waals surface area contributed by atoms with Crippen LogP contribution in [0.3, 0.4) is 0 Å². The van der Waals surface area contributed by atoms with Crippen molar-refractivity contribution in [2.75, 3.05) is 6.61 Å². The molecule has 0 amide bonds. The maximum atomic E-state index is 10.9. The zero-order chi connectivity index (χ0) is 15.0.